The molecule has 3 nitrogen and oxygen atoms in total. The van der Waals surface area contributed by atoms with Gasteiger partial charge in [0.1, 0.15) is 0 Å². The Labute approximate surface area is 117 Å². The quantitative estimate of drug-likeness (QED) is 0.796. The number of hydrogen-bond acceptors (Lipinski definition) is 3. The van der Waals surface area contributed by atoms with Gasteiger partial charge in [0.2, 0.25) is 0 Å². The van der Waals surface area contributed by atoms with Crippen molar-refractivity contribution < 1.29 is 9.53 Å². The van der Waals surface area contributed by atoms with Crippen molar-refractivity contribution in [2.45, 2.75) is 0 Å². The first-order valence-corrected chi connectivity index (χ1v) is 6.18. The number of halogens is 1. The second-order valence-corrected chi connectivity index (χ2v) is 4.46. The summed E-state index contributed by atoms with van der Waals surface area (Å²) >= 11 is 6.00. The van der Waals surface area contributed by atoms with Crippen LogP contribution in [0, 0.1) is 0 Å². The Morgan fingerprint density at radius 2 is 1.79 bits per heavy atom. The van der Waals surface area contributed by atoms with Gasteiger partial charge in [0.25, 0.3) is 0 Å². The van der Waals surface area contributed by atoms with Crippen molar-refractivity contribution in [2.75, 3.05) is 19.1 Å². The predicted octanol–water partition coefficient (Wildman–Crippen LogP) is 3.89. The zero-order valence-corrected chi connectivity index (χ0v) is 11.5. The van der Waals surface area contributed by atoms with E-state index in [1.54, 1.807) is 12.1 Å². The fraction of sp³-hybridized carbons (Fsp3) is 0.133. The molecule has 0 fully saturated rings. The van der Waals surface area contributed by atoms with E-state index in [-0.39, 0.29) is 0 Å². The molecule has 2 rings (SSSR count). The van der Waals surface area contributed by atoms with Gasteiger partial charge in [0, 0.05) is 18.4 Å². The molecule has 0 spiro atoms. The average Bonchev–Trinajstić information content (AvgIpc) is 2.47. The molecule has 98 valence electrons. The van der Waals surface area contributed by atoms with Gasteiger partial charge < -0.3 is 9.64 Å². The number of ether oxygens (including phenoxy) is 1. The molecule has 4 heteroatoms. The number of methoxy groups -OCH3 is 1. The maximum atomic E-state index is 11.6. The number of para-hydroxylation sites is 1. The first-order valence-electron chi connectivity index (χ1n) is 5.80. The second-order valence-electron chi connectivity index (χ2n) is 4.05. The van der Waals surface area contributed by atoms with E-state index >= 15 is 0 Å². The molecular formula is C15H14ClNO2. The Bertz CT molecular complexity index is 584. The van der Waals surface area contributed by atoms with Crippen molar-refractivity contribution in [3.63, 3.8) is 0 Å². The summed E-state index contributed by atoms with van der Waals surface area (Å²) in [6.07, 6.45) is 0. The fourth-order valence-electron chi connectivity index (χ4n) is 1.79. The predicted molar refractivity (Wildman–Crippen MR) is 77.3 cm³/mol. The Hall–Kier alpha value is -2.00. The normalized spacial score (nSPS) is 10.1. The van der Waals surface area contributed by atoms with Crippen LogP contribution in [0.5, 0.6) is 0 Å². The van der Waals surface area contributed by atoms with E-state index in [1.807, 2.05) is 48.3 Å². The van der Waals surface area contributed by atoms with Gasteiger partial charge in [-0.1, -0.05) is 29.8 Å². The molecule has 0 atom stereocenters. The third kappa shape index (κ3) is 2.88. The zero-order chi connectivity index (χ0) is 13.8. The highest BCUT2D eigenvalue weighted by Gasteiger charge is 2.13. The third-order valence-electron chi connectivity index (χ3n) is 2.89. The summed E-state index contributed by atoms with van der Waals surface area (Å²) in [5, 5.41) is 0.386. The van der Waals surface area contributed by atoms with Crippen molar-refractivity contribution in [1.82, 2.24) is 0 Å². The second kappa shape index (κ2) is 5.76. The summed E-state index contributed by atoms with van der Waals surface area (Å²) in [6.45, 7) is 0. The number of benzene rings is 2. The lowest BCUT2D eigenvalue weighted by atomic mass is 10.1. The third-order valence-corrected chi connectivity index (χ3v) is 3.22. The largest absolute Gasteiger partial charge is 0.465 e. The number of hydrogen-bond donors (Lipinski definition) is 0. The number of carbonyl (C=O) groups is 1. The molecule has 0 bridgehead atoms. The molecule has 0 heterocycles. The lowest BCUT2D eigenvalue weighted by Gasteiger charge is -2.20. The van der Waals surface area contributed by atoms with Crippen LogP contribution in [0.1, 0.15) is 10.4 Å². The van der Waals surface area contributed by atoms with Crippen LogP contribution in [0.15, 0.2) is 48.5 Å². The summed E-state index contributed by atoms with van der Waals surface area (Å²) in [5.41, 5.74) is 2.26. The first kappa shape index (κ1) is 13.4. The number of carbonyl (C=O) groups excluding carboxylic acids is 1. The SMILES string of the molecule is COC(=O)c1cc(N(C)c2ccccc2)ccc1Cl. The van der Waals surface area contributed by atoms with Crippen LogP contribution in [0.25, 0.3) is 0 Å². The highest BCUT2D eigenvalue weighted by molar-refractivity contribution is 6.33. The van der Waals surface area contributed by atoms with E-state index in [1.165, 1.54) is 7.11 Å². The minimum atomic E-state index is -0.437. The molecule has 2 aromatic carbocycles. The minimum absolute atomic E-state index is 0.365. The maximum absolute atomic E-state index is 11.6. The van der Waals surface area contributed by atoms with Crippen LogP contribution < -0.4 is 4.90 Å². The molecule has 19 heavy (non-hydrogen) atoms. The molecule has 0 saturated heterocycles. The van der Waals surface area contributed by atoms with Crippen LogP contribution in [-0.2, 0) is 4.74 Å². The molecule has 0 aromatic heterocycles. The maximum Gasteiger partial charge on any atom is 0.339 e. The molecular weight excluding hydrogens is 262 g/mol. The van der Waals surface area contributed by atoms with Gasteiger partial charge in [0.15, 0.2) is 0 Å². The van der Waals surface area contributed by atoms with Crippen molar-refractivity contribution >= 4 is 28.9 Å². The average molecular weight is 276 g/mol. The van der Waals surface area contributed by atoms with E-state index in [9.17, 15) is 4.79 Å². The van der Waals surface area contributed by atoms with Crippen LogP contribution in [0.4, 0.5) is 11.4 Å². The molecule has 0 amide bonds. The van der Waals surface area contributed by atoms with Gasteiger partial charge in [-0.15, -0.1) is 0 Å². The van der Waals surface area contributed by atoms with Gasteiger partial charge in [-0.2, -0.15) is 0 Å². The zero-order valence-electron chi connectivity index (χ0n) is 10.8. The number of anilines is 2. The Morgan fingerprint density at radius 1 is 1.11 bits per heavy atom. The number of nitrogens with zero attached hydrogens (tertiary/aromatic N) is 1. The Balaban J connectivity index is 2.38. The highest BCUT2D eigenvalue weighted by Crippen LogP contribution is 2.27. The summed E-state index contributed by atoms with van der Waals surface area (Å²) in [7, 11) is 3.27. The van der Waals surface area contributed by atoms with Crippen LogP contribution in [-0.4, -0.2) is 20.1 Å². The number of esters is 1. The summed E-state index contributed by atoms with van der Waals surface area (Å²) in [6, 6.07) is 15.1. The Morgan fingerprint density at radius 3 is 2.42 bits per heavy atom. The standard InChI is InChI=1S/C15H14ClNO2/c1-17(11-6-4-3-5-7-11)12-8-9-14(16)13(10-12)15(18)19-2/h3-10H,1-2H3. The lowest BCUT2D eigenvalue weighted by molar-refractivity contribution is 0.0601. The van der Waals surface area contributed by atoms with Crippen LogP contribution >= 0.6 is 11.6 Å². The molecule has 0 aliphatic carbocycles. The highest BCUT2D eigenvalue weighted by atomic mass is 35.5. The molecule has 0 N–H and O–H groups in total. The Kier molecular flexibility index (Phi) is 4.07. The molecule has 0 aliphatic heterocycles. The molecule has 0 radical (unpaired) electrons. The van der Waals surface area contributed by atoms with Gasteiger partial charge in [-0.25, -0.2) is 4.79 Å². The van der Waals surface area contributed by atoms with Crippen LogP contribution in [0.2, 0.25) is 5.02 Å². The van der Waals surface area contributed by atoms with E-state index in [0.29, 0.717) is 10.6 Å². The van der Waals surface area contributed by atoms with Crippen molar-refractivity contribution in [2.24, 2.45) is 0 Å². The smallest absolute Gasteiger partial charge is 0.339 e. The topological polar surface area (TPSA) is 29.5 Å². The summed E-state index contributed by atoms with van der Waals surface area (Å²) < 4.78 is 4.72. The van der Waals surface area contributed by atoms with Gasteiger partial charge in [0.05, 0.1) is 17.7 Å². The van der Waals surface area contributed by atoms with E-state index < -0.39 is 5.97 Å². The van der Waals surface area contributed by atoms with Gasteiger partial charge in [-0.05, 0) is 30.3 Å². The van der Waals surface area contributed by atoms with Crippen molar-refractivity contribution in [3.05, 3.63) is 59.1 Å². The van der Waals surface area contributed by atoms with Gasteiger partial charge in [-0.3, -0.25) is 0 Å². The fourth-order valence-corrected chi connectivity index (χ4v) is 1.98. The monoisotopic (exact) mass is 275 g/mol. The van der Waals surface area contributed by atoms with Gasteiger partial charge >= 0.3 is 5.97 Å². The summed E-state index contributed by atoms with van der Waals surface area (Å²) in [5.74, 6) is -0.437. The van der Waals surface area contributed by atoms with E-state index in [4.69, 9.17) is 16.3 Å². The number of rotatable bonds is 3. The first-order chi connectivity index (χ1) is 9.13. The molecule has 0 saturated carbocycles. The minimum Gasteiger partial charge on any atom is -0.465 e. The molecule has 2 aromatic rings. The van der Waals surface area contributed by atoms with Crippen LogP contribution in [0.3, 0.4) is 0 Å². The van der Waals surface area contributed by atoms with Crippen molar-refractivity contribution in [3.8, 4) is 0 Å². The lowest BCUT2D eigenvalue weighted by Crippen LogP contribution is -2.11. The van der Waals surface area contributed by atoms with E-state index in [0.717, 1.165) is 11.4 Å². The van der Waals surface area contributed by atoms with E-state index in [2.05, 4.69) is 0 Å². The molecule has 0 unspecified atom stereocenters. The van der Waals surface area contributed by atoms with Crippen molar-refractivity contribution in [1.29, 1.82) is 0 Å². The molecule has 0 aliphatic rings. The summed E-state index contributed by atoms with van der Waals surface area (Å²) in [4.78, 5) is 13.6.